The third kappa shape index (κ3) is 10.4. The van der Waals surface area contributed by atoms with Crippen molar-refractivity contribution in [3.05, 3.63) is 88.0 Å². The summed E-state index contributed by atoms with van der Waals surface area (Å²) in [6.07, 6.45) is 8.34. The molecular formula is C37H50Cl2Zr-2. The molecule has 0 nitrogen and oxygen atoms in total. The van der Waals surface area contributed by atoms with E-state index in [4.69, 9.17) is 0 Å². The van der Waals surface area contributed by atoms with Gasteiger partial charge in [-0.2, -0.15) is 52.6 Å². The van der Waals surface area contributed by atoms with Crippen molar-refractivity contribution < 1.29 is 49.0 Å². The molecule has 0 unspecified atom stereocenters. The molecule has 2 aliphatic rings. The molecule has 0 radical (unpaired) electrons. The molecule has 0 N–H and O–H groups in total. The Bertz CT molecular complexity index is 1170. The first-order valence-corrected chi connectivity index (χ1v) is 15.8. The Morgan fingerprint density at radius 1 is 0.700 bits per heavy atom. The fourth-order valence-electron chi connectivity index (χ4n) is 4.99. The first-order chi connectivity index (χ1) is 17.6. The van der Waals surface area contributed by atoms with E-state index in [9.17, 15) is 0 Å². The van der Waals surface area contributed by atoms with Gasteiger partial charge in [0.05, 0.1) is 0 Å². The Hall–Kier alpha value is -0.877. The molecule has 0 amide bonds. The predicted octanol–water partition coefficient (Wildman–Crippen LogP) is 4.34. The van der Waals surface area contributed by atoms with Crippen LogP contribution in [0.2, 0.25) is 0 Å². The van der Waals surface area contributed by atoms with Gasteiger partial charge in [-0.05, 0) is 17.4 Å². The number of hydrogen-bond acceptors (Lipinski definition) is 0. The van der Waals surface area contributed by atoms with Gasteiger partial charge in [0, 0.05) is 0 Å². The van der Waals surface area contributed by atoms with Crippen LogP contribution in [0.5, 0.6) is 0 Å². The predicted molar refractivity (Wildman–Crippen MR) is 164 cm³/mol. The zero-order chi connectivity index (χ0) is 28.3. The maximum atomic E-state index is 3.53. The Balaban J connectivity index is 0.000000351. The van der Waals surface area contributed by atoms with Gasteiger partial charge in [0.1, 0.15) is 0 Å². The third-order valence-electron chi connectivity index (χ3n) is 7.76. The summed E-state index contributed by atoms with van der Waals surface area (Å²) in [5.41, 5.74) is 11.9. The van der Waals surface area contributed by atoms with Gasteiger partial charge in [0.2, 0.25) is 0 Å². The second-order valence-electron chi connectivity index (χ2n) is 14.4. The van der Waals surface area contributed by atoms with Crippen LogP contribution in [-0.2, 0) is 46.9 Å². The van der Waals surface area contributed by atoms with Crippen LogP contribution in [0.1, 0.15) is 128 Å². The summed E-state index contributed by atoms with van der Waals surface area (Å²) in [6, 6.07) is 21.7. The van der Waals surface area contributed by atoms with E-state index in [1.807, 2.05) is 0 Å². The van der Waals surface area contributed by atoms with Gasteiger partial charge in [-0.1, -0.05) is 109 Å². The van der Waals surface area contributed by atoms with E-state index in [-0.39, 0.29) is 35.6 Å². The molecule has 1 saturated carbocycles. The van der Waals surface area contributed by atoms with Crippen molar-refractivity contribution in [2.75, 3.05) is 0 Å². The number of fused-ring (bicyclic) bond motifs is 3. The molecule has 0 saturated heterocycles. The second-order valence-corrected chi connectivity index (χ2v) is 16.2. The van der Waals surface area contributed by atoms with Crippen LogP contribution in [0, 0.1) is 13.0 Å². The number of benzene rings is 2. The number of halogens is 2. The molecule has 2 aliphatic carbocycles. The SMILES string of the molecule is CC(C)(C)c1c[c-]c2c(c1)-c1cc(C(C)(C)C)ccc1C2.Cc1cc(C(C)(C)C)c[cH-]1.[Cl-].[Cl-].[Zr+2]=[C]1CCCCC1. The molecule has 1 fully saturated rings. The van der Waals surface area contributed by atoms with Crippen LogP contribution in [0.3, 0.4) is 0 Å². The molecule has 0 spiro atoms. The molecule has 0 atom stereocenters. The van der Waals surface area contributed by atoms with Crippen molar-refractivity contribution in [2.45, 2.75) is 124 Å². The van der Waals surface area contributed by atoms with Gasteiger partial charge >= 0.3 is 59.5 Å². The minimum absolute atomic E-state index is 0. The summed E-state index contributed by atoms with van der Waals surface area (Å²) in [5, 5.41) is 0. The zero-order valence-electron chi connectivity index (χ0n) is 26.6. The van der Waals surface area contributed by atoms with Crippen molar-refractivity contribution in [2.24, 2.45) is 0 Å². The summed E-state index contributed by atoms with van der Waals surface area (Å²) >= 11 is 1.69. The quantitative estimate of drug-likeness (QED) is 0.247. The Kier molecular flexibility index (Phi) is 14.0. The van der Waals surface area contributed by atoms with Crippen molar-refractivity contribution in [1.29, 1.82) is 0 Å². The molecule has 0 aliphatic heterocycles. The summed E-state index contributed by atoms with van der Waals surface area (Å²) in [6.45, 7) is 22.5. The van der Waals surface area contributed by atoms with E-state index in [1.165, 1.54) is 76.6 Å². The molecule has 0 heterocycles. The van der Waals surface area contributed by atoms with Gasteiger partial charge in [-0.15, -0.1) is 5.56 Å². The normalized spacial score (nSPS) is 14.3. The first kappa shape index (κ1) is 37.1. The van der Waals surface area contributed by atoms with Gasteiger partial charge in [0.15, 0.2) is 0 Å². The van der Waals surface area contributed by atoms with E-state index < -0.39 is 0 Å². The van der Waals surface area contributed by atoms with Gasteiger partial charge in [-0.25, -0.2) is 6.07 Å². The molecule has 218 valence electrons. The van der Waals surface area contributed by atoms with E-state index in [1.54, 1.807) is 27.4 Å². The average molecular weight is 657 g/mol. The van der Waals surface area contributed by atoms with Crippen LogP contribution < -0.4 is 24.8 Å². The average Bonchev–Trinajstić information content (AvgIpc) is 3.42. The minimum atomic E-state index is 0. The van der Waals surface area contributed by atoms with E-state index in [0.717, 1.165) is 6.42 Å². The number of rotatable bonds is 0. The van der Waals surface area contributed by atoms with Crippen molar-refractivity contribution in [1.82, 2.24) is 0 Å². The van der Waals surface area contributed by atoms with Crippen LogP contribution in [0.15, 0.2) is 48.5 Å². The van der Waals surface area contributed by atoms with E-state index in [0.29, 0.717) is 5.41 Å². The molecule has 3 heteroatoms. The molecule has 5 rings (SSSR count). The van der Waals surface area contributed by atoms with Crippen LogP contribution in [-0.4, -0.2) is 3.21 Å². The Morgan fingerprint density at radius 2 is 1.25 bits per heavy atom. The number of hydrogen-bond donors (Lipinski definition) is 0. The topological polar surface area (TPSA) is 0 Å². The monoisotopic (exact) mass is 654 g/mol. The summed E-state index contributed by atoms with van der Waals surface area (Å²) in [5.74, 6) is 0. The Labute approximate surface area is 273 Å². The van der Waals surface area contributed by atoms with Crippen molar-refractivity contribution in [3.8, 4) is 11.1 Å². The molecule has 40 heavy (non-hydrogen) atoms. The first-order valence-electron chi connectivity index (χ1n) is 14.5. The molecule has 0 aromatic heterocycles. The number of aryl methyl sites for hydroxylation is 1. The molecular weight excluding hydrogens is 607 g/mol. The fourth-order valence-corrected chi connectivity index (χ4v) is 5.86. The summed E-state index contributed by atoms with van der Waals surface area (Å²) < 4.78 is 1.80. The molecule has 3 aromatic carbocycles. The molecule has 0 bridgehead atoms. The summed E-state index contributed by atoms with van der Waals surface area (Å²) in [4.78, 5) is 0. The molecule has 3 aromatic rings. The van der Waals surface area contributed by atoms with Crippen LogP contribution >= 0.6 is 0 Å². The van der Waals surface area contributed by atoms with Crippen LogP contribution in [0.4, 0.5) is 0 Å². The van der Waals surface area contributed by atoms with Gasteiger partial charge in [-0.3, -0.25) is 0 Å². The van der Waals surface area contributed by atoms with Crippen LogP contribution in [0.25, 0.3) is 11.1 Å². The Morgan fingerprint density at radius 3 is 1.68 bits per heavy atom. The fraction of sp³-hybridized carbons (Fsp3) is 0.514. The zero-order valence-corrected chi connectivity index (χ0v) is 30.6. The summed E-state index contributed by atoms with van der Waals surface area (Å²) in [7, 11) is 0. The third-order valence-corrected chi connectivity index (χ3v) is 8.99. The second kappa shape index (κ2) is 15.0. The van der Waals surface area contributed by atoms with Crippen molar-refractivity contribution >= 4 is 3.21 Å². The van der Waals surface area contributed by atoms with Gasteiger partial charge < -0.3 is 24.8 Å². The van der Waals surface area contributed by atoms with Crippen molar-refractivity contribution in [3.63, 3.8) is 0 Å². The maximum absolute atomic E-state index is 3.53. The van der Waals surface area contributed by atoms with E-state index >= 15 is 0 Å². The van der Waals surface area contributed by atoms with Gasteiger partial charge in [0.25, 0.3) is 0 Å². The standard InChI is InChI=1S/C21H25.C10H15.C6H10.2ClH.Zr/c1-20(2,3)16-9-7-14-11-15-8-10-17(21(4,5)6)13-19(15)18(14)12-16;1-8-5-6-9(7-8)10(2,3)4;1-2-4-6-5-3-1;;;/h7,9-10,12-13H,11H2,1-6H3;5-7H,1-4H3;1-5H2;2*1H;/q2*-1;;;;+2/p-2. The van der Waals surface area contributed by atoms with E-state index in [2.05, 4.69) is 124 Å².